The van der Waals surface area contributed by atoms with E-state index >= 15 is 8.78 Å². The number of alkyl halides is 2. The van der Waals surface area contributed by atoms with Crippen molar-refractivity contribution in [3.63, 3.8) is 0 Å². The Hall–Kier alpha value is -2.62. The van der Waals surface area contributed by atoms with Gasteiger partial charge in [0.2, 0.25) is 0 Å². The maximum atomic E-state index is 17.1. The number of allylic oxidation sites excluding steroid dienone is 4. The molecule has 9 atom stereocenters. The van der Waals surface area contributed by atoms with Crippen LogP contribution in [0.25, 0.3) is 0 Å². The van der Waals surface area contributed by atoms with Gasteiger partial charge in [-0.3, -0.25) is 14.4 Å². The van der Waals surface area contributed by atoms with E-state index in [9.17, 15) is 19.5 Å². The number of ketones is 2. The van der Waals surface area contributed by atoms with Crippen LogP contribution in [-0.4, -0.2) is 53.2 Å². The third-order valence-corrected chi connectivity index (χ3v) is 9.43. The zero-order chi connectivity index (χ0) is 28.6. The number of aliphatic hydroxyl groups excluding tert-OH is 1. The molecule has 0 aromatic carbocycles. The quantitative estimate of drug-likeness (QED) is 0.441. The first kappa shape index (κ1) is 29.9. The predicted octanol–water partition coefficient (Wildman–Crippen LogP) is 3.49. The second-order valence-corrected chi connectivity index (χ2v) is 11.8. The van der Waals surface area contributed by atoms with Crippen molar-refractivity contribution < 1.29 is 37.8 Å². The van der Waals surface area contributed by atoms with Gasteiger partial charge in [0.1, 0.15) is 12.8 Å². The van der Waals surface area contributed by atoms with Crippen molar-refractivity contribution in [1.82, 2.24) is 0 Å². The summed E-state index contributed by atoms with van der Waals surface area (Å²) in [6.07, 6.45) is 3.20. The van der Waals surface area contributed by atoms with Gasteiger partial charge in [0, 0.05) is 23.7 Å². The van der Waals surface area contributed by atoms with E-state index in [0.29, 0.717) is 12.8 Å². The van der Waals surface area contributed by atoms with Gasteiger partial charge in [0.25, 0.3) is 0 Å². The number of carbonyl (C=O) groups excluding carboxylic acids is 4. The van der Waals surface area contributed by atoms with Gasteiger partial charge >= 0.3 is 12.0 Å². The molecule has 0 spiro atoms. The van der Waals surface area contributed by atoms with Crippen LogP contribution >= 0.6 is 0 Å². The Morgan fingerprint density at radius 2 is 1.82 bits per heavy atom. The number of halogens is 2. The largest absolute Gasteiger partial charge is 0.458 e. The summed E-state index contributed by atoms with van der Waals surface area (Å²) in [7, 11) is 0. The smallest absolute Gasteiger partial charge is 0.309 e. The fraction of sp³-hybridized carbons (Fsp3) is 0.714. The minimum Gasteiger partial charge on any atom is -0.458 e. The number of fused-ring (bicyclic) bond motifs is 5. The van der Waals surface area contributed by atoms with Crippen LogP contribution in [0.2, 0.25) is 0 Å². The lowest BCUT2D eigenvalue weighted by Crippen LogP contribution is -2.68. The van der Waals surface area contributed by atoms with Crippen LogP contribution in [-0.2, 0) is 19.1 Å². The van der Waals surface area contributed by atoms with Crippen molar-refractivity contribution in [2.24, 2.45) is 46.0 Å². The number of hydrogen-bond donors (Lipinski definition) is 3. The molecule has 2 amide bonds. The first-order chi connectivity index (χ1) is 17.6. The van der Waals surface area contributed by atoms with E-state index in [2.05, 4.69) is 11.5 Å². The molecule has 212 valence electrons. The van der Waals surface area contributed by atoms with Crippen LogP contribution in [0.15, 0.2) is 23.8 Å². The lowest BCUT2D eigenvalue weighted by Gasteiger charge is -2.62. The SMILES string of the molecule is CCCCC(=O)OCC(=O)[C@H]1[C@H](C)C[C@H]2[C@@H]3C[C@H](F)C4=CC(=O)C=C[C@]4(C)[C@@]3(F)[C@@H](O)C[C@@]21C.NC(N)=O. The highest BCUT2D eigenvalue weighted by Crippen LogP contribution is 2.70. The molecule has 0 bridgehead atoms. The number of primary amides is 2. The van der Waals surface area contributed by atoms with E-state index in [1.165, 1.54) is 18.2 Å². The van der Waals surface area contributed by atoms with E-state index in [0.717, 1.165) is 6.42 Å². The number of Topliss-reactive ketones (excluding diaryl/α,β-unsaturated/α-hetero) is 1. The predicted molar refractivity (Wildman–Crippen MR) is 136 cm³/mol. The Kier molecular flexibility index (Phi) is 8.56. The second kappa shape index (κ2) is 10.9. The molecule has 10 heteroatoms. The molecule has 5 N–H and O–H groups in total. The standard InChI is InChI=1S/C27H36F2O5.CH4N2O/c1-5-6-7-23(33)34-14-21(31)24-15(2)10-17-18-12-20(28)19-11-16(30)8-9-26(19,4)27(18,29)22(32)13-25(17,24)3;2-1(3)4/h8-9,11,15,17-18,20,22,24,32H,5-7,10,12-14H2,1-4H3;(H4,2,3,4)/t15-,17+,18+,20+,22+,24-,25+,26+,27+;/m1./s1. The average Bonchev–Trinajstić information content (AvgIpc) is 3.08. The minimum atomic E-state index is -2.15. The van der Waals surface area contributed by atoms with Crippen LogP contribution < -0.4 is 11.5 Å². The molecule has 4 rings (SSSR count). The second-order valence-electron chi connectivity index (χ2n) is 11.8. The average molecular weight is 539 g/mol. The fourth-order valence-corrected chi connectivity index (χ4v) is 7.89. The number of hydrogen-bond acceptors (Lipinski definition) is 6. The van der Waals surface area contributed by atoms with Crippen LogP contribution in [0.1, 0.15) is 66.2 Å². The maximum absolute atomic E-state index is 17.1. The van der Waals surface area contributed by atoms with Crippen LogP contribution in [0.3, 0.4) is 0 Å². The number of urea groups is 1. The highest BCUT2D eigenvalue weighted by Gasteiger charge is 2.73. The topological polar surface area (TPSA) is 150 Å². The van der Waals surface area contributed by atoms with Gasteiger partial charge in [-0.2, -0.15) is 0 Å². The number of ether oxygens (including phenoxy) is 1. The van der Waals surface area contributed by atoms with E-state index in [1.807, 2.05) is 20.8 Å². The molecule has 0 aromatic rings. The molecule has 0 aromatic heterocycles. The molecule has 3 fully saturated rings. The van der Waals surface area contributed by atoms with Gasteiger partial charge < -0.3 is 21.3 Å². The normalized spacial score (nSPS) is 41.0. The minimum absolute atomic E-state index is 0.0524. The molecule has 3 saturated carbocycles. The van der Waals surface area contributed by atoms with Crippen molar-refractivity contribution in [2.45, 2.75) is 84.2 Å². The number of amides is 2. The Morgan fingerprint density at radius 1 is 1.18 bits per heavy atom. The van der Waals surface area contributed by atoms with Crippen molar-refractivity contribution in [2.75, 3.05) is 6.61 Å². The van der Waals surface area contributed by atoms with Gasteiger partial charge in [-0.05, 0) is 67.6 Å². The summed E-state index contributed by atoms with van der Waals surface area (Å²) < 4.78 is 37.7. The van der Waals surface area contributed by atoms with Crippen molar-refractivity contribution in [3.05, 3.63) is 23.8 Å². The molecule has 0 heterocycles. The van der Waals surface area contributed by atoms with Crippen LogP contribution in [0, 0.1) is 34.5 Å². The molecule has 0 aliphatic heterocycles. The van der Waals surface area contributed by atoms with Gasteiger partial charge in [-0.1, -0.05) is 33.3 Å². The van der Waals surface area contributed by atoms with E-state index < -0.39 is 52.6 Å². The molecular formula is C28H40F2N2O6. The number of aliphatic hydroxyl groups is 1. The maximum Gasteiger partial charge on any atom is 0.309 e. The summed E-state index contributed by atoms with van der Waals surface area (Å²) in [6.45, 7) is 7.03. The Labute approximate surface area is 222 Å². The summed E-state index contributed by atoms with van der Waals surface area (Å²) in [4.78, 5) is 46.1. The Balaban J connectivity index is 0.000000934. The highest BCUT2D eigenvalue weighted by atomic mass is 19.1. The lowest BCUT2D eigenvalue weighted by molar-refractivity contribution is -0.202. The number of nitrogens with two attached hydrogens (primary N) is 2. The van der Waals surface area contributed by atoms with Crippen molar-refractivity contribution in [1.29, 1.82) is 0 Å². The molecule has 4 aliphatic carbocycles. The number of unbranched alkanes of at least 4 members (excludes halogenated alkanes) is 1. The molecule has 0 saturated heterocycles. The van der Waals surface area contributed by atoms with E-state index in [1.54, 1.807) is 6.92 Å². The fourth-order valence-electron chi connectivity index (χ4n) is 7.89. The molecule has 0 unspecified atom stereocenters. The molecule has 38 heavy (non-hydrogen) atoms. The molecule has 8 nitrogen and oxygen atoms in total. The highest BCUT2D eigenvalue weighted by molar-refractivity contribution is 6.01. The number of carbonyl (C=O) groups is 4. The lowest BCUT2D eigenvalue weighted by atomic mass is 9.45. The zero-order valence-electron chi connectivity index (χ0n) is 22.5. The first-order valence-corrected chi connectivity index (χ1v) is 13.3. The number of esters is 1. The van der Waals surface area contributed by atoms with Crippen molar-refractivity contribution >= 4 is 23.6 Å². The summed E-state index contributed by atoms with van der Waals surface area (Å²) in [5, 5.41) is 11.3. The molecule has 0 radical (unpaired) electrons. The van der Waals surface area contributed by atoms with E-state index in [-0.39, 0.29) is 54.8 Å². The van der Waals surface area contributed by atoms with Crippen LogP contribution in [0.4, 0.5) is 13.6 Å². The summed E-state index contributed by atoms with van der Waals surface area (Å²) in [5.74, 6) is -2.75. The van der Waals surface area contributed by atoms with Crippen molar-refractivity contribution in [3.8, 4) is 0 Å². The molecule has 4 aliphatic rings. The van der Waals surface area contributed by atoms with Gasteiger partial charge in [-0.25, -0.2) is 13.6 Å². The monoisotopic (exact) mass is 538 g/mol. The summed E-state index contributed by atoms with van der Waals surface area (Å²) in [6, 6.07) is -0.833. The number of rotatable bonds is 6. The van der Waals surface area contributed by atoms with Gasteiger partial charge in [-0.15, -0.1) is 0 Å². The van der Waals surface area contributed by atoms with Crippen LogP contribution in [0.5, 0.6) is 0 Å². The molecular weight excluding hydrogens is 498 g/mol. The summed E-state index contributed by atoms with van der Waals surface area (Å²) >= 11 is 0. The Bertz CT molecular complexity index is 1040. The zero-order valence-corrected chi connectivity index (χ0v) is 22.5. The third kappa shape index (κ3) is 4.92. The van der Waals surface area contributed by atoms with Gasteiger partial charge in [0.15, 0.2) is 17.2 Å². The van der Waals surface area contributed by atoms with Gasteiger partial charge in [0.05, 0.1) is 6.10 Å². The first-order valence-electron chi connectivity index (χ1n) is 13.3. The summed E-state index contributed by atoms with van der Waals surface area (Å²) in [5.41, 5.74) is 4.29. The Morgan fingerprint density at radius 3 is 2.42 bits per heavy atom. The van der Waals surface area contributed by atoms with E-state index in [4.69, 9.17) is 9.53 Å². The third-order valence-electron chi connectivity index (χ3n) is 9.43.